The van der Waals surface area contributed by atoms with Crippen LogP contribution in [0.4, 0.5) is 4.79 Å². The van der Waals surface area contributed by atoms with E-state index in [0.717, 1.165) is 22.3 Å². The van der Waals surface area contributed by atoms with Crippen LogP contribution in [-0.4, -0.2) is 45.7 Å². The second-order valence-corrected chi connectivity index (χ2v) is 7.60. The molecular weight excluding hydrogens is 424 g/mol. The van der Waals surface area contributed by atoms with Crippen LogP contribution >= 0.6 is 0 Å². The van der Waals surface area contributed by atoms with Crippen molar-refractivity contribution in [3.8, 4) is 11.1 Å². The highest BCUT2D eigenvalue weighted by Gasteiger charge is 2.29. The van der Waals surface area contributed by atoms with Crippen LogP contribution < -0.4 is 10.6 Å². The van der Waals surface area contributed by atoms with Crippen LogP contribution in [0.25, 0.3) is 11.1 Å². The van der Waals surface area contributed by atoms with Crippen LogP contribution in [0.15, 0.2) is 60.9 Å². The van der Waals surface area contributed by atoms with E-state index in [1.807, 2.05) is 36.4 Å². The van der Waals surface area contributed by atoms with Gasteiger partial charge in [-0.2, -0.15) is 0 Å². The molecule has 0 spiro atoms. The zero-order valence-corrected chi connectivity index (χ0v) is 17.8. The Hall–Kier alpha value is -4.27. The molecule has 3 N–H and O–H groups in total. The molecule has 2 amide bonds. The summed E-state index contributed by atoms with van der Waals surface area (Å²) in [4.78, 5) is 43.1. The molecule has 0 bridgehead atoms. The first-order valence-corrected chi connectivity index (χ1v) is 10.4. The lowest BCUT2D eigenvalue weighted by Crippen LogP contribution is -2.38. The molecular formula is C24H22N4O5. The number of hydrogen-bond donors (Lipinski definition) is 3. The third-order valence-electron chi connectivity index (χ3n) is 5.42. The number of benzene rings is 2. The molecule has 33 heavy (non-hydrogen) atoms. The van der Waals surface area contributed by atoms with Gasteiger partial charge in [0.25, 0.3) is 5.91 Å². The number of carboxylic acid groups (broad SMARTS) is 1. The van der Waals surface area contributed by atoms with Crippen molar-refractivity contribution in [1.29, 1.82) is 0 Å². The molecule has 0 saturated carbocycles. The topological polar surface area (TPSA) is 131 Å². The summed E-state index contributed by atoms with van der Waals surface area (Å²) < 4.78 is 5.46. The van der Waals surface area contributed by atoms with Crippen molar-refractivity contribution in [2.24, 2.45) is 0 Å². The number of amides is 2. The maximum atomic E-state index is 12.2. The smallest absolute Gasteiger partial charge is 0.407 e. The van der Waals surface area contributed by atoms with Crippen LogP contribution in [0.1, 0.15) is 40.2 Å². The van der Waals surface area contributed by atoms with E-state index < -0.39 is 24.0 Å². The Labute approximate surface area is 189 Å². The van der Waals surface area contributed by atoms with E-state index in [4.69, 9.17) is 9.84 Å². The first-order chi connectivity index (χ1) is 15.9. The summed E-state index contributed by atoms with van der Waals surface area (Å²) in [5.41, 5.74) is 4.67. The Bertz CT molecular complexity index is 1150. The molecule has 168 valence electrons. The molecule has 1 aliphatic carbocycles. The fourth-order valence-electron chi connectivity index (χ4n) is 3.71. The lowest BCUT2D eigenvalue weighted by Gasteiger charge is -2.14. The Morgan fingerprint density at radius 3 is 2.15 bits per heavy atom. The second kappa shape index (κ2) is 9.47. The van der Waals surface area contributed by atoms with E-state index in [-0.39, 0.29) is 30.5 Å². The molecule has 0 saturated heterocycles. The van der Waals surface area contributed by atoms with Crippen molar-refractivity contribution in [2.45, 2.75) is 25.4 Å². The Morgan fingerprint density at radius 1 is 1.00 bits per heavy atom. The molecule has 0 aliphatic heterocycles. The van der Waals surface area contributed by atoms with Gasteiger partial charge in [-0.1, -0.05) is 48.5 Å². The zero-order valence-electron chi connectivity index (χ0n) is 17.8. The van der Waals surface area contributed by atoms with Gasteiger partial charge < -0.3 is 20.5 Å². The number of hydrogen-bond acceptors (Lipinski definition) is 6. The molecule has 0 fully saturated rings. The standard InChI is InChI=1S/C24H22N4O5/c1-14(23(30)31)28-22(29)15-10-25-21(26-11-15)12-27-24(32)33-13-20-18-8-4-2-6-16(18)17-7-3-5-9-19(17)20/h2-11,14,20H,12-13H2,1H3,(H,27,32)(H,28,29)(H,30,31)/t14-/m1/s1. The van der Waals surface area contributed by atoms with Gasteiger partial charge in [0, 0.05) is 18.3 Å². The van der Waals surface area contributed by atoms with Crippen molar-refractivity contribution < 1.29 is 24.2 Å². The number of carbonyl (C=O) groups is 3. The normalized spacial score (nSPS) is 12.9. The lowest BCUT2D eigenvalue weighted by molar-refractivity contribution is -0.138. The van der Waals surface area contributed by atoms with E-state index >= 15 is 0 Å². The number of nitrogens with zero attached hydrogens (tertiary/aromatic N) is 2. The molecule has 0 radical (unpaired) electrons. The zero-order chi connectivity index (χ0) is 23.4. The predicted octanol–water partition coefficient (Wildman–Crippen LogP) is 2.72. The van der Waals surface area contributed by atoms with Gasteiger partial charge in [0.1, 0.15) is 18.5 Å². The summed E-state index contributed by atoms with van der Waals surface area (Å²) in [5, 5.41) is 13.8. The Morgan fingerprint density at radius 2 is 1.58 bits per heavy atom. The van der Waals surface area contributed by atoms with Crippen LogP contribution in [0.2, 0.25) is 0 Å². The van der Waals surface area contributed by atoms with E-state index in [1.54, 1.807) is 0 Å². The molecule has 2 aromatic carbocycles. The number of fused-ring (bicyclic) bond motifs is 3. The van der Waals surface area contributed by atoms with Crippen molar-refractivity contribution in [3.05, 3.63) is 83.4 Å². The van der Waals surface area contributed by atoms with Gasteiger partial charge in [-0.15, -0.1) is 0 Å². The van der Waals surface area contributed by atoms with Crippen molar-refractivity contribution in [3.63, 3.8) is 0 Å². The highest BCUT2D eigenvalue weighted by molar-refractivity contribution is 5.95. The Kier molecular flexibility index (Phi) is 6.30. The third kappa shape index (κ3) is 4.82. The molecule has 1 heterocycles. The summed E-state index contributed by atoms with van der Waals surface area (Å²) >= 11 is 0. The highest BCUT2D eigenvalue weighted by Crippen LogP contribution is 2.44. The van der Waals surface area contributed by atoms with Crippen molar-refractivity contribution in [1.82, 2.24) is 20.6 Å². The first-order valence-electron chi connectivity index (χ1n) is 10.4. The predicted molar refractivity (Wildman–Crippen MR) is 119 cm³/mol. The van der Waals surface area contributed by atoms with E-state index in [9.17, 15) is 14.4 Å². The number of carboxylic acids is 1. The SMILES string of the molecule is C[C@@H](NC(=O)c1cnc(CNC(=O)OCC2c3ccccc3-c3ccccc32)nc1)C(=O)O. The minimum Gasteiger partial charge on any atom is -0.480 e. The molecule has 1 aromatic heterocycles. The molecule has 9 heteroatoms. The summed E-state index contributed by atoms with van der Waals surface area (Å²) in [6, 6.07) is 15.1. The number of carbonyl (C=O) groups excluding carboxylic acids is 2. The number of ether oxygens (including phenoxy) is 1. The molecule has 0 unspecified atom stereocenters. The van der Waals surface area contributed by atoms with Gasteiger partial charge in [0.15, 0.2) is 0 Å². The average Bonchev–Trinajstić information content (AvgIpc) is 3.15. The number of aliphatic carboxylic acids is 1. The number of alkyl carbamates (subject to hydrolysis) is 1. The van der Waals surface area contributed by atoms with Crippen molar-refractivity contribution >= 4 is 18.0 Å². The first kappa shape index (κ1) is 21.9. The maximum Gasteiger partial charge on any atom is 0.407 e. The van der Waals surface area contributed by atoms with Gasteiger partial charge in [0.05, 0.1) is 12.1 Å². The quantitative estimate of drug-likeness (QED) is 0.509. The van der Waals surface area contributed by atoms with Crippen LogP contribution in [0.3, 0.4) is 0 Å². The maximum absolute atomic E-state index is 12.2. The van der Waals surface area contributed by atoms with Crippen molar-refractivity contribution in [2.75, 3.05) is 6.61 Å². The lowest BCUT2D eigenvalue weighted by atomic mass is 9.98. The van der Waals surface area contributed by atoms with Gasteiger partial charge in [-0.3, -0.25) is 9.59 Å². The van der Waals surface area contributed by atoms with Gasteiger partial charge >= 0.3 is 12.1 Å². The van der Waals surface area contributed by atoms with E-state index in [2.05, 4.69) is 32.7 Å². The minimum atomic E-state index is -1.15. The van der Waals surface area contributed by atoms with E-state index in [1.165, 1.54) is 19.3 Å². The van der Waals surface area contributed by atoms with Crippen LogP contribution in [-0.2, 0) is 16.1 Å². The molecule has 1 aliphatic rings. The molecule has 4 rings (SSSR count). The van der Waals surface area contributed by atoms with E-state index in [0.29, 0.717) is 0 Å². The summed E-state index contributed by atoms with van der Waals surface area (Å²) in [7, 11) is 0. The fourth-order valence-corrected chi connectivity index (χ4v) is 3.71. The fraction of sp³-hybridized carbons (Fsp3) is 0.208. The molecule has 1 atom stereocenters. The summed E-state index contributed by atoms with van der Waals surface area (Å²) in [5.74, 6) is -1.49. The summed E-state index contributed by atoms with van der Waals surface area (Å²) in [6.45, 7) is 1.57. The average molecular weight is 446 g/mol. The number of rotatable bonds is 7. The third-order valence-corrected chi connectivity index (χ3v) is 5.42. The molecule has 3 aromatic rings. The number of aromatic nitrogens is 2. The van der Waals surface area contributed by atoms with Gasteiger partial charge in [-0.25, -0.2) is 14.8 Å². The summed E-state index contributed by atoms with van der Waals surface area (Å²) in [6.07, 6.45) is 1.94. The van der Waals surface area contributed by atoms with Gasteiger partial charge in [0.2, 0.25) is 0 Å². The largest absolute Gasteiger partial charge is 0.480 e. The highest BCUT2D eigenvalue weighted by atomic mass is 16.5. The van der Waals surface area contributed by atoms with Gasteiger partial charge in [-0.05, 0) is 29.2 Å². The second-order valence-electron chi connectivity index (χ2n) is 7.60. The number of nitrogens with one attached hydrogen (secondary N) is 2. The monoisotopic (exact) mass is 446 g/mol. The molecule has 9 nitrogen and oxygen atoms in total. The Balaban J connectivity index is 1.31. The van der Waals surface area contributed by atoms with Crippen LogP contribution in [0, 0.1) is 0 Å². The van der Waals surface area contributed by atoms with Crippen LogP contribution in [0.5, 0.6) is 0 Å². The minimum absolute atomic E-state index is 0.0180.